The third-order valence-corrected chi connectivity index (χ3v) is 5.48. The Kier molecular flexibility index (Phi) is 4.78. The number of carbonyl (C=O) groups excluding carboxylic acids is 2. The van der Waals surface area contributed by atoms with Crippen LogP contribution in [0.3, 0.4) is 0 Å². The van der Waals surface area contributed by atoms with Crippen LogP contribution in [0.1, 0.15) is 52.2 Å². The maximum absolute atomic E-state index is 14.0. The van der Waals surface area contributed by atoms with E-state index in [0.29, 0.717) is 12.8 Å². The van der Waals surface area contributed by atoms with Crippen LogP contribution in [-0.2, 0) is 0 Å². The number of carbonyl (C=O) groups is 2. The number of aromatic nitrogens is 2. The topological polar surface area (TPSA) is 75.2 Å². The first kappa shape index (κ1) is 18.5. The summed E-state index contributed by atoms with van der Waals surface area (Å²) in [4.78, 5) is 35.0. The minimum atomic E-state index is -0.723. The van der Waals surface area contributed by atoms with Gasteiger partial charge in [0.2, 0.25) is 0 Å². The zero-order valence-electron chi connectivity index (χ0n) is 15.4. The number of nitrogens with one attached hydrogen (secondary N) is 1. The summed E-state index contributed by atoms with van der Waals surface area (Å²) in [6.45, 7) is 1.79. The molecule has 3 heterocycles. The minimum absolute atomic E-state index is 0.102. The highest BCUT2D eigenvalue weighted by atomic mass is 19.1. The van der Waals surface area contributed by atoms with Crippen molar-refractivity contribution in [2.24, 2.45) is 0 Å². The van der Waals surface area contributed by atoms with E-state index >= 15 is 0 Å². The van der Waals surface area contributed by atoms with Crippen molar-refractivity contribution in [2.45, 2.75) is 50.7 Å². The Labute approximate surface area is 161 Å². The lowest BCUT2D eigenvalue weighted by Gasteiger charge is -2.39. The van der Waals surface area contributed by atoms with E-state index in [1.165, 1.54) is 12.4 Å². The van der Waals surface area contributed by atoms with E-state index < -0.39 is 17.5 Å². The average molecular weight is 386 g/mol. The number of halogens is 2. The molecule has 1 aromatic heterocycles. The fourth-order valence-corrected chi connectivity index (χ4v) is 4.20. The van der Waals surface area contributed by atoms with Crippen molar-refractivity contribution < 1.29 is 18.4 Å². The van der Waals surface area contributed by atoms with Crippen molar-refractivity contribution >= 4 is 11.8 Å². The van der Waals surface area contributed by atoms with Crippen LogP contribution >= 0.6 is 0 Å². The number of amides is 2. The molecule has 2 amide bonds. The Bertz CT molecular complexity index is 905. The second-order valence-electron chi connectivity index (χ2n) is 7.41. The van der Waals surface area contributed by atoms with Gasteiger partial charge in [0.1, 0.15) is 17.3 Å². The van der Waals surface area contributed by atoms with Gasteiger partial charge in [-0.2, -0.15) is 0 Å². The third kappa shape index (κ3) is 3.46. The molecule has 2 fully saturated rings. The predicted octanol–water partition coefficient (Wildman–Crippen LogP) is 2.63. The van der Waals surface area contributed by atoms with Crippen molar-refractivity contribution in [3.8, 4) is 0 Å². The van der Waals surface area contributed by atoms with Gasteiger partial charge in [-0.25, -0.2) is 13.8 Å². The molecule has 0 saturated carbocycles. The lowest BCUT2D eigenvalue weighted by molar-refractivity contribution is 0.0544. The maximum atomic E-state index is 14.0. The smallest absolute Gasteiger partial charge is 0.271 e. The van der Waals surface area contributed by atoms with Crippen LogP contribution in [-0.4, -0.2) is 44.8 Å². The molecule has 0 aliphatic carbocycles. The van der Waals surface area contributed by atoms with E-state index in [4.69, 9.17) is 0 Å². The predicted molar refractivity (Wildman–Crippen MR) is 96.6 cm³/mol. The summed E-state index contributed by atoms with van der Waals surface area (Å²) in [6.07, 6.45) is 5.68. The second kappa shape index (κ2) is 7.26. The van der Waals surface area contributed by atoms with Crippen LogP contribution < -0.4 is 5.32 Å². The van der Waals surface area contributed by atoms with Crippen molar-refractivity contribution in [1.29, 1.82) is 0 Å². The molecule has 8 heteroatoms. The first-order valence-electron chi connectivity index (χ1n) is 9.29. The maximum Gasteiger partial charge on any atom is 0.271 e. The second-order valence-corrected chi connectivity index (χ2v) is 7.41. The standard InChI is InChI=1S/C20H20F2N4O2/c1-11-9-24-18(10-23-11)19(27)25-13-7-14-3-4-15(8-13)26(14)20(28)16-6-12(21)2-5-17(16)22/h2,5-6,9-10,13-15H,3-4,7-8H2,1H3,(H,25,27). The zero-order chi connectivity index (χ0) is 19.8. The number of rotatable bonds is 3. The highest BCUT2D eigenvalue weighted by Crippen LogP contribution is 2.37. The van der Waals surface area contributed by atoms with Crippen LogP contribution in [0.5, 0.6) is 0 Å². The van der Waals surface area contributed by atoms with Gasteiger partial charge < -0.3 is 10.2 Å². The first-order valence-corrected chi connectivity index (χ1v) is 9.29. The van der Waals surface area contributed by atoms with Crippen molar-refractivity contribution in [2.75, 3.05) is 0 Å². The van der Waals surface area contributed by atoms with Crippen LogP contribution in [0.25, 0.3) is 0 Å². The lowest BCUT2D eigenvalue weighted by atomic mass is 9.96. The summed E-state index contributed by atoms with van der Waals surface area (Å²) in [6, 6.07) is 2.60. The van der Waals surface area contributed by atoms with Crippen LogP contribution in [0.4, 0.5) is 8.78 Å². The molecule has 28 heavy (non-hydrogen) atoms. The quantitative estimate of drug-likeness (QED) is 0.880. The van der Waals surface area contributed by atoms with Gasteiger partial charge in [0.15, 0.2) is 0 Å². The molecule has 2 aromatic rings. The fourth-order valence-electron chi connectivity index (χ4n) is 4.20. The zero-order valence-corrected chi connectivity index (χ0v) is 15.4. The summed E-state index contributed by atoms with van der Waals surface area (Å²) in [5.74, 6) is -2.15. The number of hydrogen-bond acceptors (Lipinski definition) is 4. The molecule has 2 aliphatic rings. The fraction of sp³-hybridized carbons (Fsp3) is 0.400. The van der Waals surface area contributed by atoms with Gasteiger partial charge in [0, 0.05) is 24.3 Å². The third-order valence-electron chi connectivity index (χ3n) is 5.48. The average Bonchev–Trinajstić information content (AvgIpc) is 2.94. The highest BCUT2D eigenvalue weighted by molar-refractivity contribution is 5.95. The van der Waals surface area contributed by atoms with Crippen molar-refractivity contribution in [1.82, 2.24) is 20.2 Å². The Hall–Kier alpha value is -2.90. The summed E-state index contributed by atoms with van der Waals surface area (Å²) >= 11 is 0. The molecule has 0 radical (unpaired) electrons. The van der Waals surface area contributed by atoms with Gasteiger partial charge in [0.25, 0.3) is 11.8 Å². The van der Waals surface area contributed by atoms with Gasteiger partial charge in [-0.15, -0.1) is 0 Å². The molecule has 2 atom stereocenters. The SMILES string of the molecule is Cc1cnc(C(=O)NC2CC3CCC(C2)N3C(=O)c2cc(F)ccc2F)cn1. The molecule has 2 saturated heterocycles. The van der Waals surface area contributed by atoms with Crippen molar-refractivity contribution in [3.63, 3.8) is 0 Å². The number of hydrogen-bond donors (Lipinski definition) is 1. The van der Waals surface area contributed by atoms with Gasteiger partial charge in [-0.05, 0) is 50.8 Å². The highest BCUT2D eigenvalue weighted by Gasteiger charge is 2.44. The van der Waals surface area contributed by atoms with Gasteiger partial charge in [-0.1, -0.05) is 0 Å². The van der Waals surface area contributed by atoms with Gasteiger partial charge in [0.05, 0.1) is 17.5 Å². The Morgan fingerprint density at radius 2 is 1.82 bits per heavy atom. The molecule has 4 rings (SSSR count). The molecular weight excluding hydrogens is 366 g/mol. The number of nitrogens with zero attached hydrogens (tertiary/aromatic N) is 3. The molecular formula is C20H20F2N4O2. The summed E-state index contributed by atoms with van der Waals surface area (Å²) in [5, 5.41) is 2.96. The largest absolute Gasteiger partial charge is 0.348 e. The molecule has 2 unspecified atom stereocenters. The first-order chi connectivity index (χ1) is 13.4. The molecule has 1 N–H and O–H groups in total. The van der Waals surface area contributed by atoms with Crippen LogP contribution in [0.2, 0.25) is 0 Å². The number of benzene rings is 1. The minimum Gasteiger partial charge on any atom is -0.348 e. The van der Waals surface area contributed by atoms with E-state index in [9.17, 15) is 18.4 Å². The van der Waals surface area contributed by atoms with E-state index in [1.807, 2.05) is 0 Å². The van der Waals surface area contributed by atoms with E-state index in [2.05, 4.69) is 15.3 Å². The summed E-state index contributed by atoms with van der Waals surface area (Å²) < 4.78 is 27.5. The van der Waals surface area contributed by atoms with Gasteiger partial charge >= 0.3 is 0 Å². The number of piperidine rings is 1. The Morgan fingerprint density at radius 1 is 1.11 bits per heavy atom. The number of aryl methyl sites for hydroxylation is 1. The van der Waals surface area contributed by atoms with E-state index in [0.717, 1.165) is 36.7 Å². The van der Waals surface area contributed by atoms with E-state index in [-0.39, 0.29) is 35.3 Å². The summed E-state index contributed by atoms with van der Waals surface area (Å²) in [7, 11) is 0. The summed E-state index contributed by atoms with van der Waals surface area (Å²) in [5.41, 5.74) is 0.735. The molecule has 1 aromatic carbocycles. The lowest BCUT2D eigenvalue weighted by Crippen LogP contribution is -2.52. The molecule has 0 spiro atoms. The Balaban J connectivity index is 1.46. The van der Waals surface area contributed by atoms with Crippen LogP contribution in [0, 0.1) is 18.6 Å². The monoisotopic (exact) mass is 386 g/mol. The van der Waals surface area contributed by atoms with Gasteiger partial charge in [-0.3, -0.25) is 14.6 Å². The van der Waals surface area contributed by atoms with Crippen LogP contribution in [0.15, 0.2) is 30.6 Å². The Morgan fingerprint density at radius 3 is 2.46 bits per heavy atom. The number of fused-ring (bicyclic) bond motifs is 2. The molecule has 146 valence electrons. The molecule has 2 bridgehead atoms. The molecule has 2 aliphatic heterocycles. The van der Waals surface area contributed by atoms with E-state index in [1.54, 1.807) is 11.8 Å². The van der Waals surface area contributed by atoms with Crippen molar-refractivity contribution in [3.05, 3.63) is 59.2 Å². The molecule has 6 nitrogen and oxygen atoms in total. The normalized spacial score (nSPS) is 23.5.